The van der Waals surface area contributed by atoms with Crippen LogP contribution in [0.4, 0.5) is 5.95 Å². The zero-order chi connectivity index (χ0) is 16.0. The molecule has 2 fully saturated rings. The molecule has 4 rings (SSSR count). The molecule has 23 heavy (non-hydrogen) atoms. The van der Waals surface area contributed by atoms with E-state index in [1.165, 1.54) is 0 Å². The molecule has 1 aromatic carbocycles. The van der Waals surface area contributed by atoms with Crippen molar-refractivity contribution in [2.75, 3.05) is 24.7 Å². The minimum absolute atomic E-state index is 0.138. The number of para-hydroxylation sites is 2. The SMILES string of the molecule is Cn1c(N2CCC[C@@H]2[C@H]2COCC[C@@]2(C)O)nc2ccccc21. The average Bonchev–Trinajstić information content (AvgIpc) is 3.12. The molecule has 2 saturated heterocycles. The normalized spacial score (nSPS) is 31.9. The first-order valence-corrected chi connectivity index (χ1v) is 8.56. The Labute approximate surface area is 136 Å². The van der Waals surface area contributed by atoms with Crippen LogP contribution in [0.3, 0.4) is 0 Å². The van der Waals surface area contributed by atoms with E-state index >= 15 is 0 Å². The van der Waals surface area contributed by atoms with Gasteiger partial charge in [0.1, 0.15) is 0 Å². The van der Waals surface area contributed by atoms with Gasteiger partial charge in [-0.2, -0.15) is 0 Å². The molecule has 0 saturated carbocycles. The number of aryl methyl sites for hydroxylation is 1. The highest BCUT2D eigenvalue weighted by atomic mass is 16.5. The van der Waals surface area contributed by atoms with Crippen molar-refractivity contribution in [3.63, 3.8) is 0 Å². The topological polar surface area (TPSA) is 50.5 Å². The van der Waals surface area contributed by atoms with Gasteiger partial charge in [-0.3, -0.25) is 0 Å². The number of rotatable bonds is 2. The maximum Gasteiger partial charge on any atom is 0.206 e. The maximum atomic E-state index is 10.8. The van der Waals surface area contributed by atoms with E-state index in [0.29, 0.717) is 25.7 Å². The Morgan fingerprint density at radius 1 is 1.35 bits per heavy atom. The van der Waals surface area contributed by atoms with Crippen LogP contribution in [0.2, 0.25) is 0 Å². The van der Waals surface area contributed by atoms with Crippen LogP contribution < -0.4 is 4.90 Å². The molecule has 5 heteroatoms. The third-order valence-electron chi connectivity index (χ3n) is 5.63. The third kappa shape index (κ3) is 2.42. The van der Waals surface area contributed by atoms with Gasteiger partial charge in [-0.25, -0.2) is 4.98 Å². The second-order valence-corrected chi connectivity index (χ2v) is 7.15. The molecule has 1 N–H and O–H groups in total. The van der Waals surface area contributed by atoms with Gasteiger partial charge < -0.3 is 19.3 Å². The number of benzene rings is 1. The van der Waals surface area contributed by atoms with Gasteiger partial charge in [-0.05, 0) is 38.3 Å². The Bertz CT molecular complexity index is 709. The lowest BCUT2D eigenvalue weighted by Crippen LogP contribution is -2.53. The quantitative estimate of drug-likeness (QED) is 0.924. The fourth-order valence-corrected chi connectivity index (χ4v) is 4.23. The van der Waals surface area contributed by atoms with E-state index in [1.807, 2.05) is 13.0 Å². The van der Waals surface area contributed by atoms with Crippen LogP contribution in [0.5, 0.6) is 0 Å². The summed E-state index contributed by atoms with van der Waals surface area (Å²) in [7, 11) is 2.08. The fraction of sp³-hybridized carbons (Fsp3) is 0.611. The lowest BCUT2D eigenvalue weighted by atomic mass is 9.79. The Hall–Kier alpha value is -1.59. The summed E-state index contributed by atoms with van der Waals surface area (Å²) in [6.07, 6.45) is 2.94. The summed E-state index contributed by atoms with van der Waals surface area (Å²) in [5.41, 5.74) is 1.53. The van der Waals surface area contributed by atoms with Crippen LogP contribution in [0.25, 0.3) is 11.0 Å². The first-order valence-electron chi connectivity index (χ1n) is 8.56. The summed E-state index contributed by atoms with van der Waals surface area (Å²) in [6.45, 7) is 4.25. The van der Waals surface area contributed by atoms with Crippen LogP contribution in [-0.2, 0) is 11.8 Å². The zero-order valence-electron chi connectivity index (χ0n) is 13.9. The van der Waals surface area contributed by atoms with E-state index in [1.54, 1.807) is 0 Å². The van der Waals surface area contributed by atoms with E-state index < -0.39 is 5.60 Å². The predicted octanol–water partition coefficient (Wildman–Crippen LogP) is 2.33. The molecule has 2 aromatic rings. The summed E-state index contributed by atoms with van der Waals surface area (Å²) in [4.78, 5) is 7.24. The molecule has 0 bridgehead atoms. The molecule has 0 aliphatic carbocycles. The summed E-state index contributed by atoms with van der Waals surface area (Å²) < 4.78 is 7.86. The molecule has 3 atom stereocenters. The van der Waals surface area contributed by atoms with Crippen molar-refractivity contribution in [1.29, 1.82) is 0 Å². The lowest BCUT2D eigenvalue weighted by molar-refractivity contribution is -0.108. The molecular formula is C18H25N3O2. The first kappa shape index (κ1) is 15.0. The van der Waals surface area contributed by atoms with Gasteiger partial charge in [0.25, 0.3) is 0 Å². The molecule has 2 aliphatic heterocycles. The van der Waals surface area contributed by atoms with Crippen LogP contribution in [0.15, 0.2) is 24.3 Å². The number of nitrogens with zero attached hydrogens (tertiary/aromatic N) is 3. The van der Waals surface area contributed by atoms with Gasteiger partial charge in [-0.1, -0.05) is 12.1 Å². The fourth-order valence-electron chi connectivity index (χ4n) is 4.23. The van der Waals surface area contributed by atoms with Crippen LogP contribution in [-0.4, -0.2) is 46.1 Å². The molecule has 5 nitrogen and oxygen atoms in total. The molecule has 124 valence electrons. The number of imidazole rings is 1. The number of fused-ring (bicyclic) bond motifs is 1. The van der Waals surface area contributed by atoms with E-state index in [2.05, 4.69) is 34.7 Å². The molecule has 0 unspecified atom stereocenters. The van der Waals surface area contributed by atoms with Crippen molar-refractivity contribution >= 4 is 17.0 Å². The van der Waals surface area contributed by atoms with Gasteiger partial charge in [0.2, 0.25) is 5.95 Å². The number of anilines is 1. The molecule has 2 aliphatic rings. The molecule has 1 aromatic heterocycles. The molecule has 0 amide bonds. The van der Waals surface area contributed by atoms with Gasteiger partial charge in [-0.15, -0.1) is 0 Å². The summed E-state index contributed by atoms with van der Waals surface area (Å²) >= 11 is 0. The van der Waals surface area contributed by atoms with E-state index in [0.717, 1.165) is 36.4 Å². The summed E-state index contributed by atoms with van der Waals surface area (Å²) in [6, 6.07) is 8.54. The van der Waals surface area contributed by atoms with Crippen LogP contribution in [0.1, 0.15) is 26.2 Å². The van der Waals surface area contributed by atoms with Crippen molar-refractivity contribution < 1.29 is 9.84 Å². The molecule has 0 radical (unpaired) electrons. The monoisotopic (exact) mass is 315 g/mol. The minimum Gasteiger partial charge on any atom is -0.390 e. The van der Waals surface area contributed by atoms with Gasteiger partial charge >= 0.3 is 0 Å². The highest BCUT2D eigenvalue weighted by molar-refractivity contribution is 5.78. The minimum atomic E-state index is -0.657. The predicted molar refractivity (Wildman–Crippen MR) is 90.6 cm³/mol. The number of ether oxygens (including phenoxy) is 1. The van der Waals surface area contributed by atoms with Crippen molar-refractivity contribution in [1.82, 2.24) is 9.55 Å². The summed E-state index contributed by atoms with van der Waals surface area (Å²) in [5, 5.41) is 10.8. The Morgan fingerprint density at radius 3 is 2.96 bits per heavy atom. The second-order valence-electron chi connectivity index (χ2n) is 7.15. The average molecular weight is 315 g/mol. The van der Waals surface area contributed by atoms with Gasteiger partial charge in [0.05, 0.1) is 23.2 Å². The number of hydrogen-bond donors (Lipinski definition) is 1. The van der Waals surface area contributed by atoms with E-state index in [-0.39, 0.29) is 5.92 Å². The Kier molecular flexibility index (Phi) is 3.58. The van der Waals surface area contributed by atoms with Crippen molar-refractivity contribution in [2.24, 2.45) is 13.0 Å². The van der Waals surface area contributed by atoms with Gasteiger partial charge in [0, 0.05) is 32.2 Å². The van der Waals surface area contributed by atoms with Crippen LogP contribution >= 0.6 is 0 Å². The number of aromatic nitrogens is 2. The maximum absolute atomic E-state index is 10.8. The highest BCUT2D eigenvalue weighted by Gasteiger charge is 2.45. The Balaban J connectivity index is 1.70. The molecular weight excluding hydrogens is 290 g/mol. The van der Waals surface area contributed by atoms with Crippen molar-refractivity contribution in [3.05, 3.63) is 24.3 Å². The second kappa shape index (κ2) is 5.49. The number of aliphatic hydroxyl groups is 1. The number of hydrogen-bond acceptors (Lipinski definition) is 4. The molecule has 0 spiro atoms. The first-order chi connectivity index (χ1) is 11.1. The molecule has 3 heterocycles. The zero-order valence-corrected chi connectivity index (χ0v) is 13.9. The van der Waals surface area contributed by atoms with Crippen molar-refractivity contribution in [3.8, 4) is 0 Å². The third-order valence-corrected chi connectivity index (χ3v) is 5.63. The van der Waals surface area contributed by atoms with Crippen LogP contribution in [0, 0.1) is 5.92 Å². The Morgan fingerprint density at radius 2 is 2.17 bits per heavy atom. The lowest BCUT2D eigenvalue weighted by Gasteiger charge is -2.43. The standard InChI is InChI=1S/C18H25N3O2/c1-18(22)9-11-23-12-13(18)15-8-5-10-21(15)17-19-14-6-3-4-7-16(14)20(17)2/h3-4,6-7,13,15,22H,5,8-12H2,1-2H3/t13-,15-,18-/m1/s1. The van der Waals surface area contributed by atoms with Crippen molar-refractivity contribution in [2.45, 2.75) is 37.8 Å². The highest BCUT2D eigenvalue weighted by Crippen LogP contribution is 2.38. The summed E-state index contributed by atoms with van der Waals surface area (Å²) in [5.74, 6) is 1.15. The smallest absolute Gasteiger partial charge is 0.206 e. The van der Waals surface area contributed by atoms with E-state index in [4.69, 9.17) is 9.72 Å². The van der Waals surface area contributed by atoms with Gasteiger partial charge in [0.15, 0.2) is 0 Å². The largest absolute Gasteiger partial charge is 0.390 e. The van der Waals surface area contributed by atoms with E-state index in [9.17, 15) is 5.11 Å².